The Kier molecular flexibility index (Phi) is 4.63. The van der Waals surface area contributed by atoms with Crippen molar-refractivity contribution < 1.29 is 13.2 Å². The monoisotopic (exact) mass is 356 g/mol. The molecule has 0 spiro atoms. The minimum Gasteiger partial charge on any atom is -0.496 e. The summed E-state index contributed by atoms with van der Waals surface area (Å²) in [6.45, 7) is 3.75. The van der Waals surface area contributed by atoms with Gasteiger partial charge in [0.2, 0.25) is 0 Å². The van der Waals surface area contributed by atoms with Crippen molar-refractivity contribution in [1.29, 1.82) is 0 Å². The van der Waals surface area contributed by atoms with Crippen molar-refractivity contribution in [2.24, 2.45) is 0 Å². The van der Waals surface area contributed by atoms with Crippen LogP contribution in [0.1, 0.15) is 18.2 Å². The van der Waals surface area contributed by atoms with Crippen molar-refractivity contribution >= 4 is 10.0 Å². The molecule has 0 saturated carbocycles. The number of aromatic nitrogens is 2. The Morgan fingerprint density at radius 1 is 1.12 bits per heavy atom. The standard InChI is InChI=1S/C19H20N2O3S/c1-4-15-12-17(10-11-18(15)24-3)25(22,23)21-13-14(2)20-19(21)16-8-6-5-7-9-16/h5-13H,4H2,1-3H3. The highest BCUT2D eigenvalue weighted by Crippen LogP contribution is 2.27. The number of nitrogens with zero attached hydrogens (tertiary/aromatic N) is 2. The summed E-state index contributed by atoms with van der Waals surface area (Å²) < 4.78 is 32.9. The third-order valence-electron chi connectivity index (χ3n) is 4.02. The van der Waals surface area contributed by atoms with Crippen LogP contribution in [0.4, 0.5) is 0 Å². The molecule has 0 unspecified atom stereocenters. The fourth-order valence-corrected chi connectivity index (χ4v) is 4.17. The fourth-order valence-electron chi connectivity index (χ4n) is 2.74. The summed E-state index contributed by atoms with van der Waals surface area (Å²) >= 11 is 0. The number of benzene rings is 2. The minimum atomic E-state index is -3.76. The van der Waals surface area contributed by atoms with Gasteiger partial charge in [-0.05, 0) is 37.1 Å². The first-order chi connectivity index (χ1) is 12.0. The molecule has 0 aliphatic rings. The van der Waals surface area contributed by atoms with Crippen LogP contribution in [0, 0.1) is 6.92 Å². The molecule has 2 aromatic carbocycles. The summed E-state index contributed by atoms with van der Waals surface area (Å²) in [5.74, 6) is 1.10. The Balaban J connectivity index is 2.16. The lowest BCUT2D eigenvalue weighted by molar-refractivity contribution is 0.409. The molecule has 25 heavy (non-hydrogen) atoms. The second-order valence-electron chi connectivity index (χ2n) is 5.70. The van der Waals surface area contributed by atoms with Gasteiger partial charge in [0.1, 0.15) is 5.75 Å². The van der Waals surface area contributed by atoms with Crippen LogP contribution >= 0.6 is 0 Å². The van der Waals surface area contributed by atoms with Gasteiger partial charge in [-0.25, -0.2) is 17.4 Å². The minimum absolute atomic E-state index is 0.222. The predicted molar refractivity (Wildman–Crippen MR) is 97.4 cm³/mol. The maximum absolute atomic E-state index is 13.2. The van der Waals surface area contributed by atoms with Crippen molar-refractivity contribution in [3.63, 3.8) is 0 Å². The van der Waals surface area contributed by atoms with E-state index in [2.05, 4.69) is 4.98 Å². The zero-order valence-corrected chi connectivity index (χ0v) is 15.2. The smallest absolute Gasteiger partial charge is 0.269 e. The van der Waals surface area contributed by atoms with Gasteiger partial charge in [0, 0.05) is 11.8 Å². The van der Waals surface area contributed by atoms with Gasteiger partial charge in [-0.2, -0.15) is 0 Å². The van der Waals surface area contributed by atoms with E-state index in [1.807, 2.05) is 37.3 Å². The summed E-state index contributed by atoms with van der Waals surface area (Å²) in [4.78, 5) is 4.63. The van der Waals surface area contributed by atoms with Crippen molar-refractivity contribution in [1.82, 2.24) is 8.96 Å². The Morgan fingerprint density at radius 3 is 2.48 bits per heavy atom. The molecular formula is C19H20N2O3S. The summed E-state index contributed by atoms with van der Waals surface area (Å²) in [6, 6.07) is 14.2. The van der Waals surface area contributed by atoms with Crippen LogP contribution in [0.25, 0.3) is 11.4 Å². The highest BCUT2D eigenvalue weighted by molar-refractivity contribution is 7.90. The number of rotatable bonds is 5. The topological polar surface area (TPSA) is 61.2 Å². The first-order valence-electron chi connectivity index (χ1n) is 8.01. The van der Waals surface area contributed by atoms with Gasteiger partial charge < -0.3 is 4.74 Å². The molecule has 6 heteroatoms. The number of methoxy groups -OCH3 is 1. The second-order valence-corrected chi connectivity index (χ2v) is 7.51. The SMILES string of the molecule is CCc1cc(S(=O)(=O)n2cc(C)nc2-c2ccccc2)ccc1OC. The molecule has 3 rings (SSSR count). The van der Waals surface area contributed by atoms with Gasteiger partial charge in [-0.3, -0.25) is 0 Å². The van der Waals surface area contributed by atoms with Gasteiger partial charge in [0.15, 0.2) is 5.82 Å². The molecule has 130 valence electrons. The number of hydrogen-bond acceptors (Lipinski definition) is 4. The van der Waals surface area contributed by atoms with Crippen LogP contribution in [0.3, 0.4) is 0 Å². The highest BCUT2D eigenvalue weighted by atomic mass is 32.2. The molecule has 0 fully saturated rings. The quantitative estimate of drug-likeness (QED) is 0.700. The second kappa shape index (κ2) is 6.72. The molecule has 1 aromatic heterocycles. The summed E-state index contributed by atoms with van der Waals surface area (Å²) in [6.07, 6.45) is 2.23. The lowest BCUT2D eigenvalue weighted by Gasteiger charge is -2.12. The number of imidazole rings is 1. The highest BCUT2D eigenvalue weighted by Gasteiger charge is 2.23. The van der Waals surface area contributed by atoms with Crippen molar-refractivity contribution in [3.05, 3.63) is 66.0 Å². The zero-order valence-electron chi connectivity index (χ0n) is 14.4. The molecule has 3 aromatic rings. The third kappa shape index (κ3) is 3.17. The molecule has 0 saturated heterocycles. The molecule has 5 nitrogen and oxygen atoms in total. The number of aryl methyl sites for hydroxylation is 2. The Morgan fingerprint density at radius 2 is 1.84 bits per heavy atom. The van der Waals surface area contributed by atoms with Gasteiger partial charge in [0.05, 0.1) is 17.7 Å². The number of hydrogen-bond donors (Lipinski definition) is 0. The van der Waals surface area contributed by atoms with E-state index in [9.17, 15) is 8.42 Å². The maximum Gasteiger partial charge on any atom is 0.269 e. The number of ether oxygens (including phenoxy) is 1. The molecule has 0 N–H and O–H groups in total. The van der Waals surface area contributed by atoms with Crippen LogP contribution < -0.4 is 4.74 Å². The molecule has 0 bridgehead atoms. The molecule has 0 amide bonds. The predicted octanol–water partition coefficient (Wildman–Crippen LogP) is 3.67. The summed E-state index contributed by atoms with van der Waals surface area (Å²) in [7, 11) is -2.18. The Hall–Kier alpha value is -2.60. The molecule has 0 aliphatic heterocycles. The van der Waals surface area contributed by atoms with Gasteiger partial charge in [-0.15, -0.1) is 0 Å². The normalized spacial score (nSPS) is 11.5. The lowest BCUT2D eigenvalue weighted by Crippen LogP contribution is -2.14. The molecule has 0 atom stereocenters. The van der Waals surface area contributed by atoms with Gasteiger partial charge in [-0.1, -0.05) is 37.3 Å². The lowest BCUT2D eigenvalue weighted by atomic mass is 10.1. The average molecular weight is 356 g/mol. The van der Waals surface area contributed by atoms with Crippen LogP contribution in [-0.4, -0.2) is 24.5 Å². The van der Waals surface area contributed by atoms with E-state index >= 15 is 0 Å². The molecule has 0 radical (unpaired) electrons. The first-order valence-corrected chi connectivity index (χ1v) is 9.45. The van der Waals surface area contributed by atoms with Gasteiger partial charge >= 0.3 is 0 Å². The summed E-state index contributed by atoms with van der Waals surface area (Å²) in [5.41, 5.74) is 2.25. The van der Waals surface area contributed by atoms with Crippen LogP contribution in [0.15, 0.2) is 59.6 Å². The Bertz CT molecular complexity index is 993. The van der Waals surface area contributed by atoms with E-state index in [4.69, 9.17) is 4.74 Å². The molecule has 1 heterocycles. The third-order valence-corrected chi connectivity index (χ3v) is 5.66. The van der Waals surface area contributed by atoms with Crippen molar-refractivity contribution in [3.8, 4) is 17.1 Å². The average Bonchev–Trinajstić information content (AvgIpc) is 3.04. The largest absolute Gasteiger partial charge is 0.496 e. The van der Waals surface area contributed by atoms with E-state index in [-0.39, 0.29) is 4.90 Å². The van der Waals surface area contributed by atoms with Crippen LogP contribution in [-0.2, 0) is 16.4 Å². The van der Waals surface area contributed by atoms with Crippen molar-refractivity contribution in [2.45, 2.75) is 25.2 Å². The summed E-state index contributed by atoms with van der Waals surface area (Å²) in [5, 5.41) is 0. The first kappa shape index (κ1) is 17.2. The van der Waals surface area contributed by atoms with Gasteiger partial charge in [0.25, 0.3) is 10.0 Å². The van der Waals surface area contributed by atoms with Crippen LogP contribution in [0.2, 0.25) is 0 Å². The fraction of sp³-hybridized carbons (Fsp3) is 0.211. The van der Waals surface area contributed by atoms with E-state index < -0.39 is 10.0 Å². The van der Waals surface area contributed by atoms with Crippen LogP contribution in [0.5, 0.6) is 5.75 Å². The van der Waals surface area contributed by atoms with E-state index in [0.29, 0.717) is 23.7 Å². The Labute approximate surface area is 148 Å². The molecular weight excluding hydrogens is 336 g/mol. The van der Waals surface area contributed by atoms with E-state index in [1.54, 1.807) is 38.4 Å². The maximum atomic E-state index is 13.2. The zero-order chi connectivity index (χ0) is 18.0. The van der Waals surface area contributed by atoms with E-state index in [0.717, 1.165) is 11.1 Å². The van der Waals surface area contributed by atoms with E-state index in [1.165, 1.54) is 3.97 Å². The molecule has 0 aliphatic carbocycles. The van der Waals surface area contributed by atoms with Crippen molar-refractivity contribution in [2.75, 3.05) is 7.11 Å².